The summed E-state index contributed by atoms with van der Waals surface area (Å²) < 4.78 is 4.96. The van der Waals surface area contributed by atoms with Gasteiger partial charge in [-0.05, 0) is 72.0 Å². The van der Waals surface area contributed by atoms with Gasteiger partial charge in [0.05, 0.1) is 16.7 Å². The van der Waals surface area contributed by atoms with Crippen LogP contribution < -0.4 is 0 Å². The van der Waals surface area contributed by atoms with E-state index in [2.05, 4.69) is 157 Å². The van der Waals surface area contributed by atoms with Crippen LogP contribution in [0.3, 0.4) is 0 Å². The lowest BCUT2D eigenvalue weighted by atomic mass is 10.00. The van der Waals surface area contributed by atoms with Gasteiger partial charge in [0.2, 0.25) is 0 Å². The molecule has 0 fully saturated rings. The molecular weight excluding hydrogens is 677 g/mol. The van der Waals surface area contributed by atoms with E-state index in [9.17, 15) is 0 Å². The number of hydrogen-bond donors (Lipinski definition) is 0. The molecule has 0 unspecified atom stereocenters. The maximum atomic E-state index is 5.26. The zero-order valence-corrected chi connectivity index (χ0v) is 30.7. The third kappa shape index (κ3) is 5.65. The molecule has 5 heteroatoms. The minimum Gasteiger partial charge on any atom is -0.308 e. The fourth-order valence-corrected chi connectivity index (χ4v) is 8.85. The van der Waals surface area contributed by atoms with E-state index in [-0.39, 0.29) is 0 Å². The molecular formula is C49H36N4S. The van der Waals surface area contributed by atoms with Crippen molar-refractivity contribution in [2.75, 3.05) is 0 Å². The summed E-state index contributed by atoms with van der Waals surface area (Å²) in [5.41, 5.74) is 9.86. The second-order valence-electron chi connectivity index (χ2n) is 13.9. The molecule has 0 N–H and O–H groups in total. The second kappa shape index (κ2) is 13.5. The molecule has 0 spiro atoms. The Hall–Kier alpha value is -6.43. The molecule has 3 heterocycles. The van der Waals surface area contributed by atoms with Crippen LogP contribution in [0.2, 0.25) is 0 Å². The number of aromatic nitrogens is 4. The average molecular weight is 713 g/mol. The van der Waals surface area contributed by atoms with Crippen molar-refractivity contribution in [1.82, 2.24) is 19.5 Å². The number of nitrogens with zero attached hydrogens (tertiary/aromatic N) is 4. The van der Waals surface area contributed by atoms with Gasteiger partial charge in [-0.2, -0.15) is 0 Å². The van der Waals surface area contributed by atoms with E-state index in [0.29, 0.717) is 17.5 Å². The monoisotopic (exact) mass is 712 g/mol. The van der Waals surface area contributed by atoms with Gasteiger partial charge in [0.1, 0.15) is 0 Å². The molecule has 4 nitrogen and oxygen atoms in total. The van der Waals surface area contributed by atoms with Gasteiger partial charge < -0.3 is 4.57 Å². The Morgan fingerprint density at radius 1 is 0.463 bits per heavy atom. The number of fused-ring (bicyclic) bond motifs is 6. The molecule has 0 aliphatic heterocycles. The highest BCUT2D eigenvalue weighted by atomic mass is 32.1. The van der Waals surface area contributed by atoms with Gasteiger partial charge in [0.25, 0.3) is 0 Å². The smallest absolute Gasteiger partial charge is 0.166 e. The summed E-state index contributed by atoms with van der Waals surface area (Å²) in [5, 5.41) is 5.04. The van der Waals surface area contributed by atoms with E-state index in [1.165, 1.54) is 54.9 Å². The average Bonchev–Trinajstić information content (AvgIpc) is 3.77. The number of rotatable bonds is 8. The topological polar surface area (TPSA) is 43.6 Å². The minimum atomic E-state index is 0.633. The van der Waals surface area contributed by atoms with Crippen LogP contribution >= 0.6 is 11.3 Å². The maximum Gasteiger partial charge on any atom is 0.166 e. The van der Waals surface area contributed by atoms with Crippen LogP contribution in [-0.2, 0) is 6.42 Å². The molecule has 54 heavy (non-hydrogen) atoms. The molecule has 0 radical (unpaired) electrons. The summed E-state index contributed by atoms with van der Waals surface area (Å²) in [6.45, 7) is 2.24. The summed E-state index contributed by atoms with van der Waals surface area (Å²) in [6.07, 6.45) is 3.51. The van der Waals surface area contributed by atoms with Crippen molar-refractivity contribution in [3.8, 4) is 51.0 Å². The molecule has 7 aromatic carbocycles. The van der Waals surface area contributed by atoms with Gasteiger partial charge in [0.15, 0.2) is 17.5 Å². The van der Waals surface area contributed by atoms with Crippen molar-refractivity contribution in [1.29, 1.82) is 0 Å². The van der Waals surface area contributed by atoms with Crippen molar-refractivity contribution in [3.05, 3.63) is 169 Å². The lowest BCUT2D eigenvalue weighted by molar-refractivity contribution is 0.795. The molecule has 0 aliphatic rings. The van der Waals surface area contributed by atoms with E-state index in [0.717, 1.165) is 45.4 Å². The van der Waals surface area contributed by atoms with E-state index in [1.54, 1.807) is 0 Å². The van der Waals surface area contributed by atoms with Crippen LogP contribution in [-0.4, -0.2) is 19.5 Å². The molecule has 0 aliphatic carbocycles. The van der Waals surface area contributed by atoms with Gasteiger partial charge in [-0.15, -0.1) is 11.3 Å². The van der Waals surface area contributed by atoms with E-state index in [1.807, 2.05) is 29.5 Å². The summed E-state index contributed by atoms with van der Waals surface area (Å²) >= 11 is 1.85. The molecule has 0 bridgehead atoms. The van der Waals surface area contributed by atoms with Crippen LogP contribution in [0.5, 0.6) is 0 Å². The van der Waals surface area contributed by atoms with Gasteiger partial charge in [-0.25, -0.2) is 15.0 Å². The standard InChI is InChI=1S/C49H36N4S/c1-2-3-14-32-25-27-33(28-26-32)35-17-13-18-36(29-35)48-50-47(34-15-5-4-6-16-34)51-49(52-48)39-21-8-11-23-43(39)53-42-22-10-7-19-37(42)40-30-41-38-20-9-12-24-45(38)54-46(41)31-44(40)53/h4-13,15-31H,2-3,14H2,1H3. The Labute approximate surface area is 318 Å². The first kappa shape index (κ1) is 32.2. The lowest BCUT2D eigenvalue weighted by Crippen LogP contribution is -2.03. The number of para-hydroxylation sites is 2. The van der Waals surface area contributed by atoms with Crippen LogP contribution in [0.4, 0.5) is 0 Å². The highest BCUT2D eigenvalue weighted by Gasteiger charge is 2.20. The maximum absolute atomic E-state index is 5.26. The first-order chi connectivity index (χ1) is 26.7. The summed E-state index contributed by atoms with van der Waals surface area (Å²) in [4.78, 5) is 15.5. The normalized spacial score (nSPS) is 11.6. The number of hydrogen-bond acceptors (Lipinski definition) is 4. The molecule has 3 aromatic heterocycles. The molecule has 0 saturated carbocycles. The van der Waals surface area contributed by atoms with E-state index >= 15 is 0 Å². The molecule has 10 rings (SSSR count). The Bertz CT molecular complexity index is 2980. The third-order valence-corrected chi connectivity index (χ3v) is 11.6. The first-order valence-electron chi connectivity index (χ1n) is 18.7. The van der Waals surface area contributed by atoms with Gasteiger partial charge >= 0.3 is 0 Å². The fourth-order valence-electron chi connectivity index (χ4n) is 7.73. The summed E-state index contributed by atoms with van der Waals surface area (Å²) in [5.74, 6) is 1.92. The Balaban J connectivity index is 1.16. The predicted molar refractivity (Wildman–Crippen MR) is 227 cm³/mol. The fraction of sp³-hybridized carbons (Fsp3) is 0.0816. The highest BCUT2D eigenvalue weighted by Crippen LogP contribution is 2.42. The SMILES string of the molecule is CCCCc1ccc(-c2cccc(-c3nc(-c4ccccc4)nc(-c4ccccc4-n4c5ccccc5c5cc6c(cc54)sc4ccccc46)n3)c2)cc1. The van der Waals surface area contributed by atoms with Crippen molar-refractivity contribution < 1.29 is 0 Å². The van der Waals surface area contributed by atoms with Gasteiger partial charge in [0, 0.05) is 47.6 Å². The van der Waals surface area contributed by atoms with Crippen molar-refractivity contribution >= 4 is 53.3 Å². The van der Waals surface area contributed by atoms with Gasteiger partial charge in [-0.1, -0.05) is 135 Å². The van der Waals surface area contributed by atoms with E-state index < -0.39 is 0 Å². The Morgan fingerprint density at radius 2 is 1.15 bits per heavy atom. The molecule has 258 valence electrons. The molecule has 0 saturated heterocycles. The van der Waals surface area contributed by atoms with Crippen LogP contribution in [0.1, 0.15) is 25.3 Å². The second-order valence-corrected chi connectivity index (χ2v) is 15.0. The number of benzene rings is 7. The lowest BCUT2D eigenvalue weighted by Gasteiger charge is -2.15. The largest absolute Gasteiger partial charge is 0.308 e. The van der Waals surface area contributed by atoms with Crippen LogP contribution in [0.15, 0.2) is 164 Å². The summed E-state index contributed by atoms with van der Waals surface area (Å²) in [7, 11) is 0. The Morgan fingerprint density at radius 3 is 2.00 bits per heavy atom. The zero-order valence-electron chi connectivity index (χ0n) is 29.9. The van der Waals surface area contributed by atoms with Crippen LogP contribution in [0, 0.1) is 0 Å². The third-order valence-electron chi connectivity index (χ3n) is 10.5. The molecule has 10 aromatic rings. The van der Waals surface area contributed by atoms with Gasteiger partial charge in [-0.3, -0.25) is 0 Å². The zero-order chi connectivity index (χ0) is 36.0. The number of thiophene rings is 1. The predicted octanol–water partition coefficient (Wildman–Crippen LogP) is 13.3. The van der Waals surface area contributed by atoms with E-state index in [4.69, 9.17) is 15.0 Å². The summed E-state index contributed by atoms with van der Waals surface area (Å²) in [6, 6.07) is 58.4. The van der Waals surface area contributed by atoms with Crippen LogP contribution in [0.25, 0.3) is 93.0 Å². The van der Waals surface area contributed by atoms with Crippen molar-refractivity contribution in [2.24, 2.45) is 0 Å². The van der Waals surface area contributed by atoms with Crippen molar-refractivity contribution in [2.45, 2.75) is 26.2 Å². The first-order valence-corrected chi connectivity index (χ1v) is 19.5. The van der Waals surface area contributed by atoms with Crippen molar-refractivity contribution in [3.63, 3.8) is 0 Å². The Kier molecular flexibility index (Phi) is 8.07. The minimum absolute atomic E-state index is 0.633. The molecule has 0 amide bonds. The highest BCUT2D eigenvalue weighted by molar-refractivity contribution is 7.25. The quantitative estimate of drug-likeness (QED) is 0.158. The number of aryl methyl sites for hydroxylation is 1. The number of unbranched alkanes of at least 4 members (excludes halogenated alkanes) is 1. The molecule has 0 atom stereocenters.